The molecular weight excluding hydrogens is 339 g/mol. The molecule has 0 spiro atoms. The van der Waals surface area contributed by atoms with Crippen molar-refractivity contribution in [2.45, 2.75) is 12.1 Å². The van der Waals surface area contributed by atoms with Crippen LogP contribution in [0.15, 0.2) is 26.7 Å². The molecule has 0 saturated carbocycles. The molecule has 2 rings (SSSR count). The largest absolute Gasteiger partial charge is 0.871 e. The summed E-state index contributed by atoms with van der Waals surface area (Å²) in [6.45, 7) is 1.58. The fourth-order valence-electron chi connectivity index (χ4n) is 1.38. The predicted molar refractivity (Wildman–Crippen MR) is 76.4 cm³/mol. The van der Waals surface area contributed by atoms with Crippen LogP contribution in [0.5, 0.6) is 5.75 Å². The maximum atomic E-state index is 11.8. The van der Waals surface area contributed by atoms with Crippen molar-refractivity contribution in [2.75, 3.05) is 0 Å². The first kappa shape index (κ1) is 15.7. The Morgan fingerprint density at radius 1 is 1.43 bits per heavy atom. The molecule has 1 aromatic carbocycles. The molecule has 0 atom stereocenters. The monoisotopic (exact) mass is 345 g/mol. The lowest BCUT2D eigenvalue weighted by atomic mass is 10.2. The van der Waals surface area contributed by atoms with Crippen LogP contribution in [0, 0.1) is 6.92 Å². The molecule has 0 bridgehead atoms. The van der Waals surface area contributed by atoms with Gasteiger partial charge in [-0.05, 0) is 35.5 Å². The van der Waals surface area contributed by atoms with Crippen LogP contribution < -0.4 is 5.11 Å². The van der Waals surface area contributed by atoms with Crippen LogP contribution in [-0.4, -0.2) is 21.3 Å². The Morgan fingerprint density at radius 3 is 2.71 bits per heavy atom. The average molecular weight is 346 g/mol. The highest BCUT2D eigenvalue weighted by atomic mass is 35.5. The van der Waals surface area contributed by atoms with Crippen LogP contribution in [0.1, 0.15) is 11.5 Å². The number of carboxylic acid groups (broad SMARTS) is 1. The minimum atomic E-state index is -1.24. The second-order valence-electron chi connectivity index (χ2n) is 3.81. The fourth-order valence-corrected chi connectivity index (χ4v) is 2.59. The van der Waals surface area contributed by atoms with E-state index in [9.17, 15) is 15.0 Å². The van der Waals surface area contributed by atoms with E-state index < -0.39 is 11.7 Å². The predicted octanol–water partition coefficient (Wildman–Crippen LogP) is 2.98. The van der Waals surface area contributed by atoms with Gasteiger partial charge in [-0.2, -0.15) is 0 Å². The minimum Gasteiger partial charge on any atom is -0.871 e. The van der Waals surface area contributed by atoms with E-state index in [-0.39, 0.29) is 25.7 Å². The Kier molecular flexibility index (Phi) is 4.76. The zero-order chi connectivity index (χ0) is 15.6. The number of rotatable bonds is 4. The van der Waals surface area contributed by atoms with Crippen molar-refractivity contribution in [3.8, 4) is 5.75 Å². The number of halogens is 2. The van der Waals surface area contributed by atoms with Gasteiger partial charge in [0.1, 0.15) is 4.91 Å². The van der Waals surface area contributed by atoms with Gasteiger partial charge in [0.05, 0.1) is 0 Å². The van der Waals surface area contributed by atoms with Gasteiger partial charge in [-0.3, -0.25) is 0 Å². The van der Waals surface area contributed by atoms with Gasteiger partial charge < -0.3 is 14.6 Å². The maximum Gasteiger partial charge on any atom is 0.342 e. The van der Waals surface area contributed by atoms with E-state index in [1.165, 1.54) is 12.1 Å². The average Bonchev–Trinajstić information content (AvgIpc) is 2.79. The molecule has 0 fully saturated rings. The third kappa shape index (κ3) is 3.90. The standard InChI is InChI=1S/C12H8Cl2N2O4S/c1-5-15-16-12(20-5)21-9(11(18)19)3-6-2-7(13)4-8(14)10(6)17/h2-4,17H,1H3,(H,18,19)/p-1/b9-3-. The van der Waals surface area contributed by atoms with Gasteiger partial charge in [0, 0.05) is 17.0 Å². The summed E-state index contributed by atoms with van der Waals surface area (Å²) in [4.78, 5) is 11.1. The van der Waals surface area contributed by atoms with Gasteiger partial charge in [0.15, 0.2) is 0 Å². The van der Waals surface area contributed by atoms with Crippen molar-refractivity contribution < 1.29 is 19.4 Å². The molecule has 0 amide bonds. The van der Waals surface area contributed by atoms with Crippen LogP contribution in [0.4, 0.5) is 0 Å². The number of hydrogen-bond donors (Lipinski definition) is 1. The van der Waals surface area contributed by atoms with Crippen molar-refractivity contribution in [1.29, 1.82) is 0 Å². The van der Waals surface area contributed by atoms with Crippen LogP contribution in [-0.2, 0) is 4.79 Å². The Morgan fingerprint density at radius 2 is 2.14 bits per heavy atom. The molecule has 1 aromatic heterocycles. The van der Waals surface area contributed by atoms with Crippen molar-refractivity contribution >= 4 is 47.0 Å². The molecule has 0 radical (unpaired) electrons. The van der Waals surface area contributed by atoms with E-state index in [0.29, 0.717) is 5.89 Å². The molecule has 0 aliphatic carbocycles. The summed E-state index contributed by atoms with van der Waals surface area (Å²) in [6.07, 6.45) is 1.16. The summed E-state index contributed by atoms with van der Waals surface area (Å²) in [5.74, 6) is -1.45. The normalized spacial score (nSPS) is 11.7. The van der Waals surface area contributed by atoms with Gasteiger partial charge in [-0.1, -0.05) is 29.0 Å². The molecule has 6 nitrogen and oxygen atoms in total. The van der Waals surface area contributed by atoms with Crippen LogP contribution in [0.25, 0.3) is 6.08 Å². The molecule has 21 heavy (non-hydrogen) atoms. The third-order valence-corrected chi connectivity index (χ3v) is 3.59. The van der Waals surface area contributed by atoms with Crippen LogP contribution in [0.3, 0.4) is 0 Å². The second-order valence-corrected chi connectivity index (χ2v) is 5.65. The molecule has 1 heterocycles. The molecule has 0 aliphatic heterocycles. The van der Waals surface area contributed by atoms with Gasteiger partial charge in [0.25, 0.3) is 5.22 Å². The van der Waals surface area contributed by atoms with Gasteiger partial charge in [-0.25, -0.2) is 4.79 Å². The van der Waals surface area contributed by atoms with Gasteiger partial charge in [-0.15, -0.1) is 10.2 Å². The molecule has 9 heteroatoms. The quantitative estimate of drug-likeness (QED) is 0.671. The fraction of sp³-hybridized carbons (Fsp3) is 0.0833. The minimum absolute atomic E-state index is 0.0572. The van der Waals surface area contributed by atoms with Crippen LogP contribution >= 0.6 is 35.0 Å². The zero-order valence-corrected chi connectivity index (χ0v) is 12.8. The number of thioether (sulfide) groups is 1. The number of carboxylic acids is 1. The Labute approximate surface area is 133 Å². The van der Waals surface area contributed by atoms with E-state index in [0.717, 1.165) is 17.8 Å². The van der Waals surface area contributed by atoms with Crippen molar-refractivity contribution in [1.82, 2.24) is 10.2 Å². The third-order valence-electron chi connectivity index (χ3n) is 2.24. The molecule has 110 valence electrons. The summed E-state index contributed by atoms with van der Waals surface area (Å²) < 4.78 is 5.09. The number of hydrogen-bond acceptors (Lipinski definition) is 6. The highest BCUT2D eigenvalue weighted by Gasteiger charge is 2.14. The lowest BCUT2D eigenvalue weighted by Crippen LogP contribution is -1.99. The smallest absolute Gasteiger partial charge is 0.342 e. The lowest BCUT2D eigenvalue weighted by molar-refractivity contribution is -0.268. The zero-order valence-electron chi connectivity index (χ0n) is 10.5. The van der Waals surface area contributed by atoms with E-state index in [4.69, 9.17) is 27.6 Å². The highest BCUT2D eigenvalue weighted by molar-refractivity contribution is 8.03. The summed E-state index contributed by atoms with van der Waals surface area (Å²) in [5.41, 5.74) is 0.0636. The molecule has 2 aromatic rings. The van der Waals surface area contributed by atoms with E-state index in [1.807, 2.05) is 0 Å². The Bertz CT molecular complexity index is 730. The topological polar surface area (TPSA) is 99.3 Å². The Hall–Kier alpha value is -1.70. The van der Waals surface area contributed by atoms with E-state index in [2.05, 4.69) is 10.2 Å². The number of aryl methyl sites for hydroxylation is 1. The summed E-state index contributed by atoms with van der Waals surface area (Å²) >= 11 is 12.3. The SMILES string of the molecule is Cc1nnc(S/C(=C\c2cc(Cl)cc(Cl)c2[O-])C(=O)O)o1. The molecule has 0 unspecified atom stereocenters. The maximum absolute atomic E-state index is 11.8. The highest BCUT2D eigenvalue weighted by Crippen LogP contribution is 2.33. The summed E-state index contributed by atoms with van der Waals surface area (Å²) in [7, 11) is 0. The number of benzene rings is 1. The number of nitrogens with zero attached hydrogens (tertiary/aromatic N) is 2. The van der Waals surface area contributed by atoms with E-state index in [1.54, 1.807) is 6.92 Å². The first-order chi connectivity index (χ1) is 9.86. The van der Waals surface area contributed by atoms with Crippen molar-refractivity contribution in [3.63, 3.8) is 0 Å². The summed E-state index contributed by atoms with van der Waals surface area (Å²) in [5, 5.41) is 28.5. The summed E-state index contributed by atoms with van der Waals surface area (Å²) in [6, 6.07) is 2.62. The second kappa shape index (κ2) is 6.38. The molecular formula is C12H7Cl2N2O4S-. The first-order valence-corrected chi connectivity index (χ1v) is 7.03. The van der Waals surface area contributed by atoms with Crippen molar-refractivity contribution in [3.05, 3.63) is 38.5 Å². The van der Waals surface area contributed by atoms with Crippen LogP contribution in [0.2, 0.25) is 10.0 Å². The first-order valence-electron chi connectivity index (χ1n) is 5.46. The molecule has 0 saturated heterocycles. The molecule has 1 N–H and O–H groups in total. The molecule has 0 aliphatic rings. The van der Waals surface area contributed by atoms with Gasteiger partial charge in [0.2, 0.25) is 5.89 Å². The number of aromatic nitrogens is 2. The number of carbonyl (C=O) groups is 1. The van der Waals surface area contributed by atoms with Gasteiger partial charge >= 0.3 is 5.97 Å². The van der Waals surface area contributed by atoms with Crippen molar-refractivity contribution in [2.24, 2.45) is 0 Å². The lowest BCUT2D eigenvalue weighted by Gasteiger charge is -2.13. The Balaban J connectivity index is 2.40. The van der Waals surface area contributed by atoms with E-state index >= 15 is 0 Å². The number of aliphatic carboxylic acids is 1.